The number of urea groups is 1. The molecule has 0 atom stereocenters. The van der Waals surface area contributed by atoms with Crippen LogP contribution in [0, 0.1) is 6.92 Å². The summed E-state index contributed by atoms with van der Waals surface area (Å²) in [6.45, 7) is 2.99. The van der Waals surface area contributed by atoms with E-state index in [1.807, 2.05) is 61.5 Å². The minimum Gasteiger partial charge on any atom is -0.318 e. The van der Waals surface area contributed by atoms with Gasteiger partial charge in [-0.2, -0.15) is 0 Å². The quantitative estimate of drug-likeness (QED) is 0.426. The van der Waals surface area contributed by atoms with Crippen LogP contribution in [-0.2, 0) is 16.6 Å². The fourth-order valence-electron chi connectivity index (χ4n) is 3.83. The molecule has 1 aliphatic rings. The molecule has 0 saturated carbocycles. The molecule has 0 spiro atoms. The van der Waals surface area contributed by atoms with E-state index in [2.05, 4.69) is 10.6 Å². The lowest BCUT2D eigenvalue weighted by atomic mass is 10.1. The van der Waals surface area contributed by atoms with E-state index in [-0.39, 0.29) is 11.4 Å². The van der Waals surface area contributed by atoms with Crippen LogP contribution in [0.25, 0.3) is 11.8 Å². The highest BCUT2D eigenvalue weighted by Gasteiger charge is 2.35. The van der Waals surface area contributed by atoms with Crippen molar-refractivity contribution in [3.63, 3.8) is 0 Å². The number of imide groups is 1. The van der Waals surface area contributed by atoms with Crippen molar-refractivity contribution in [2.45, 2.75) is 13.8 Å². The van der Waals surface area contributed by atoms with E-state index in [1.165, 1.54) is 4.68 Å². The van der Waals surface area contributed by atoms with Gasteiger partial charge in [0.2, 0.25) is 5.91 Å². The molecule has 4 rings (SSSR count). The molecular weight excluding hydrogens is 446 g/mol. The molecule has 35 heavy (non-hydrogen) atoms. The minimum absolute atomic E-state index is 0.0785. The lowest BCUT2D eigenvalue weighted by Crippen LogP contribution is -2.38. The largest absolute Gasteiger partial charge is 0.329 e. The van der Waals surface area contributed by atoms with Gasteiger partial charge < -0.3 is 10.6 Å². The maximum absolute atomic E-state index is 13.0. The number of carbonyl (C=O) groups is 3. The molecule has 1 aliphatic heterocycles. The molecule has 178 valence electrons. The maximum atomic E-state index is 13.0. The molecule has 1 saturated heterocycles. The van der Waals surface area contributed by atoms with E-state index in [0.717, 1.165) is 16.0 Å². The first-order chi connectivity index (χ1) is 16.8. The Hall–Kier alpha value is -4.66. The van der Waals surface area contributed by atoms with Crippen molar-refractivity contribution in [1.82, 2.24) is 19.6 Å². The van der Waals surface area contributed by atoms with Crippen molar-refractivity contribution >= 4 is 29.6 Å². The number of aromatic nitrogens is 2. The van der Waals surface area contributed by atoms with Gasteiger partial charge in [-0.3, -0.25) is 19.1 Å². The third-order valence-electron chi connectivity index (χ3n) is 5.65. The molecule has 0 unspecified atom stereocenters. The Morgan fingerprint density at radius 3 is 2.29 bits per heavy atom. The Labute approximate surface area is 201 Å². The number of nitrogens with zero attached hydrogens (tertiary/aromatic N) is 3. The van der Waals surface area contributed by atoms with E-state index in [9.17, 15) is 19.2 Å². The summed E-state index contributed by atoms with van der Waals surface area (Å²) in [5.41, 5.74) is 2.64. The molecule has 9 heteroatoms. The average molecular weight is 472 g/mol. The number of benzene rings is 2. The van der Waals surface area contributed by atoms with Crippen molar-refractivity contribution in [2.24, 2.45) is 7.05 Å². The van der Waals surface area contributed by atoms with Gasteiger partial charge in [0.1, 0.15) is 17.9 Å². The smallest absolute Gasteiger partial charge is 0.318 e. The third-order valence-corrected chi connectivity index (χ3v) is 5.65. The van der Waals surface area contributed by atoms with Gasteiger partial charge in [-0.05, 0) is 43.2 Å². The highest BCUT2D eigenvalue weighted by Crippen LogP contribution is 2.16. The van der Waals surface area contributed by atoms with Crippen LogP contribution in [0.5, 0.6) is 0 Å². The van der Waals surface area contributed by atoms with Crippen molar-refractivity contribution in [2.75, 3.05) is 11.9 Å². The molecule has 1 aromatic heterocycles. The molecule has 2 heterocycles. The summed E-state index contributed by atoms with van der Waals surface area (Å²) < 4.78 is 3.06. The summed E-state index contributed by atoms with van der Waals surface area (Å²) in [6.07, 6.45) is 3.43. The highest BCUT2D eigenvalue weighted by atomic mass is 16.2. The number of rotatable bonds is 6. The van der Waals surface area contributed by atoms with Gasteiger partial charge in [-0.25, -0.2) is 14.4 Å². The molecule has 4 amide bonds. The first-order valence-corrected chi connectivity index (χ1v) is 11.0. The van der Waals surface area contributed by atoms with Crippen LogP contribution < -0.4 is 16.2 Å². The molecule has 9 nitrogen and oxygen atoms in total. The van der Waals surface area contributed by atoms with Gasteiger partial charge in [0.05, 0.1) is 11.4 Å². The Balaban J connectivity index is 1.49. The Morgan fingerprint density at radius 1 is 1.00 bits per heavy atom. The van der Waals surface area contributed by atoms with Gasteiger partial charge in [0.15, 0.2) is 0 Å². The Bertz CT molecular complexity index is 1420. The normalized spacial score (nSPS) is 15.0. The molecule has 1 fully saturated rings. The number of allylic oxidation sites excluding steroid dienone is 2. The lowest BCUT2D eigenvalue weighted by molar-refractivity contribution is -0.127. The molecule has 2 aromatic carbocycles. The lowest BCUT2D eigenvalue weighted by Gasteiger charge is -2.11. The van der Waals surface area contributed by atoms with Crippen molar-refractivity contribution in [3.8, 4) is 5.69 Å². The minimum atomic E-state index is -0.699. The number of carbonyl (C=O) groups excluding carboxylic acids is 3. The van der Waals surface area contributed by atoms with Gasteiger partial charge in [0, 0.05) is 7.05 Å². The zero-order chi connectivity index (χ0) is 25.1. The van der Waals surface area contributed by atoms with Crippen LogP contribution in [0.15, 0.2) is 82.8 Å². The molecular formula is C26H25N5O4. The van der Waals surface area contributed by atoms with Crippen LogP contribution in [-0.4, -0.2) is 38.7 Å². The fourth-order valence-corrected chi connectivity index (χ4v) is 3.83. The molecule has 3 aromatic rings. The second-order valence-electron chi connectivity index (χ2n) is 8.16. The number of amides is 4. The van der Waals surface area contributed by atoms with Gasteiger partial charge in [-0.1, -0.05) is 54.6 Å². The predicted molar refractivity (Wildman–Crippen MR) is 133 cm³/mol. The van der Waals surface area contributed by atoms with Crippen molar-refractivity contribution in [3.05, 3.63) is 99.6 Å². The average Bonchev–Trinajstić information content (AvgIpc) is 3.21. The topological polar surface area (TPSA) is 105 Å². The van der Waals surface area contributed by atoms with Crippen LogP contribution in [0.4, 0.5) is 10.5 Å². The summed E-state index contributed by atoms with van der Waals surface area (Å²) in [6, 6.07) is 17.9. The molecule has 0 aliphatic carbocycles. The second kappa shape index (κ2) is 9.68. The van der Waals surface area contributed by atoms with Crippen LogP contribution >= 0.6 is 0 Å². The standard InChI is InChI=1S/C26H25N5O4/c1-17(14-19-10-6-4-7-11-19)15-21-24(33)30(26(35)27-21)16-22(32)28-23-18(2)29(3)31(25(23)34)20-12-8-5-9-13-20/h4-15H,16H2,1-3H3,(H,27,35)(H,28,32)/b17-14+,21-15-. The van der Waals surface area contributed by atoms with Crippen LogP contribution in [0.1, 0.15) is 18.2 Å². The van der Waals surface area contributed by atoms with E-state index < -0.39 is 29.9 Å². The third kappa shape index (κ3) is 4.84. The van der Waals surface area contributed by atoms with E-state index in [4.69, 9.17) is 0 Å². The Kier molecular flexibility index (Phi) is 6.50. The zero-order valence-electron chi connectivity index (χ0n) is 19.6. The monoisotopic (exact) mass is 471 g/mol. The summed E-state index contributed by atoms with van der Waals surface area (Å²) >= 11 is 0. The highest BCUT2D eigenvalue weighted by molar-refractivity contribution is 6.14. The Morgan fingerprint density at radius 2 is 1.63 bits per heavy atom. The number of nitrogens with one attached hydrogen (secondary N) is 2. The number of hydrogen-bond donors (Lipinski definition) is 2. The van der Waals surface area contributed by atoms with Gasteiger partial charge in [0.25, 0.3) is 11.5 Å². The maximum Gasteiger partial charge on any atom is 0.329 e. The first-order valence-electron chi connectivity index (χ1n) is 11.0. The fraction of sp³-hybridized carbons (Fsp3) is 0.154. The van der Waals surface area contributed by atoms with E-state index in [0.29, 0.717) is 11.4 Å². The molecule has 0 radical (unpaired) electrons. The van der Waals surface area contributed by atoms with Gasteiger partial charge in [-0.15, -0.1) is 0 Å². The SMILES string of the molecule is CC(/C=C1\NC(=O)N(CC(=O)Nc2c(C)n(C)n(-c3ccccc3)c2=O)C1=O)=C\c1ccccc1. The zero-order valence-corrected chi connectivity index (χ0v) is 19.6. The number of para-hydroxylation sites is 1. The molecule has 2 N–H and O–H groups in total. The summed E-state index contributed by atoms with van der Waals surface area (Å²) in [5.74, 6) is -1.27. The van der Waals surface area contributed by atoms with Gasteiger partial charge >= 0.3 is 6.03 Å². The predicted octanol–water partition coefficient (Wildman–Crippen LogP) is 2.96. The van der Waals surface area contributed by atoms with Crippen LogP contribution in [0.3, 0.4) is 0 Å². The second-order valence-corrected chi connectivity index (χ2v) is 8.16. The molecule has 0 bridgehead atoms. The van der Waals surface area contributed by atoms with Crippen LogP contribution in [0.2, 0.25) is 0 Å². The summed E-state index contributed by atoms with van der Waals surface area (Å²) in [7, 11) is 1.71. The number of hydrogen-bond acceptors (Lipinski definition) is 4. The van der Waals surface area contributed by atoms with E-state index >= 15 is 0 Å². The first kappa shape index (κ1) is 23.5. The van der Waals surface area contributed by atoms with Crippen molar-refractivity contribution in [1.29, 1.82) is 0 Å². The summed E-state index contributed by atoms with van der Waals surface area (Å²) in [5, 5.41) is 5.07. The summed E-state index contributed by atoms with van der Waals surface area (Å²) in [4.78, 5) is 51.7. The number of anilines is 1. The van der Waals surface area contributed by atoms with Crippen molar-refractivity contribution < 1.29 is 14.4 Å². The van der Waals surface area contributed by atoms with E-state index in [1.54, 1.807) is 36.9 Å².